The average molecular weight is 296 g/mol. The van der Waals surface area contributed by atoms with Gasteiger partial charge in [0.1, 0.15) is 29.5 Å². The van der Waals surface area contributed by atoms with E-state index < -0.39 is 40.0 Å². The van der Waals surface area contributed by atoms with Crippen molar-refractivity contribution in [2.75, 3.05) is 6.61 Å². The fraction of sp³-hybridized carbons (Fsp3) is 0.933. The van der Waals surface area contributed by atoms with Crippen LogP contribution in [0.2, 0.25) is 0 Å². The highest BCUT2D eigenvalue weighted by atomic mass is 16.7. The van der Waals surface area contributed by atoms with Crippen molar-refractivity contribution in [1.29, 1.82) is 0 Å². The van der Waals surface area contributed by atoms with E-state index in [1.165, 1.54) is 0 Å². The summed E-state index contributed by atoms with van der Waals surface area (Å²) in [7, 11) is 0. The summed E-state index contributed by atoms with van der Waals surface area (Å²) in [6.45, 7) is 5.90. The summed E-state index contributed by atoms with van der Waals surface area (Å²) in [5.74, 6) is -1.58. The molecule has 8 atom stereocenters. The lowest BCUT2D eigenvalue weighted by Gasteiger charge is -2.53. The predicted molar refractivity (Wildman–Crippen MR) is 68.2 cm³/mol. The SMILES string of the molecule is CC(C)(O)[C@H]1[C@@H]2C[C@@]3(C)[C@](O)([C@@H]4O[C@@H]4[C@@]34CO4)[C@@H]1C(=O)O2. The van der Waals surface area contributed by atoms with Gasteiger partial charge in [-0.3, -0.25) is 4.79 Å². The first-order chi connectivity index (χ1) is 9.67. The first kappa shape index (κ1) is 12.8. The molecule has 3 saturated heterocycles. The van der Waals surface area contributed by atoms with Crippen LogP contribution >= 0.6 is 0 Å². The molecule has 0 aromatic carbocycles. The number of aliphatic hydroxyl groups is 2. The van der Waals surface area contributed by atoms with Crippen LogP contribution in [0.3, 0.4) is 0 Å². The van der Waals surface area contributed by atoms with E-state index in [9.17, 15) is 15.0 Å². The van der Waals surface area contributed by atoms with E-state index in [4.69, 9.17) is 14.2 Å². The van der Waals surface area contributed by atoms with Crippen molar-refractivity contribution in [3.63, 3.8) is 0 Å². The molecular formula is C15H20O6. The number of carbonyl (C=O) groups is 1. The van der Waals surface area contributed by atoms with Crippen LogP contribution in [0.5, 0.6) is 0 Å². The highest BCUT2D eigenvalue weighted by molar-refractivity contribution is 5.79. The van der Waals surface area contributed by atoms with E-state index in [1.807, 2.05) is 6.92 Å². The van der Waals surface area contributed by atoms with Crippen LogP contribution in [-0.2, 0) is 19.0 Å². The van der Waals surface area contributed by atoms with Crippen LogP contribution in [0, 0.1) is 17.3 Å². The zero-order chi connectivity index (χ0) is 15.0. The second-order valence-electron chi connectivity index (χ2n) is 8.15. The van der Waals surface area contributed by atoms with E-state index in [2.05, 4.69) is 0 Å². The Bertz CT molecular complexity index is 563. The fourth-order valence-electron chi connectivity index (χ4n) is 5.73. The third kappa shape index (κ3) is 1.08. The first-order valence-electron chi connectivity index (χ1n) is 7.61. The van der Waals surface area contributed by atoms with Crippen molar-refractivity contribution < 1.29 is 29.2 Å². The summed E-state index contributed by atoms with van der Waals surface area (Å²) in [6, 6.07) is 0. The highest BCUT2D eigenvalue weighted by Gasteiger charge is 2.92. The molecule has 2 aliphatic carbocycles. The van der Waals surface area contributed by atoms with Gasteiger partial charge in [-0.25, -0.2) is 0 Å². The predicted octanol–water partition coefficient (Wildman–Crippen LogP) is -0.394. The zero-order valence-corrected chi connectivity index (χ0v) is 12.3. The lowest BCUT2D eigenvalue weighted by Crippen LogP contribution is -2.66. The van der Waals surface area contributed by atoms with Crippen molar-refractivity contribution in [3.8, 4) is 0 Å². The molecular weight excluding hydrogens is 276 g/mol. The number of rotatable bonds is 1. The zero-order valence-electron chi connectivity index (χ0n) is 12.3. The lowest BCUT2D eigenvalue weighted by atomic mass is 9.52. The van der Waals surface area contributed by atoms with Gasteiger partial charge >= 0.3 is 5.97 Å². The molecule has 6 heteroatoms. The molecule has 2 bridgehead atoms. The Labute approximate surface area is 122 Å². The summed E-state index contributed by atoms with van der Waals surface area (Å²) in [5, 5.41) is 22.0. The summed E-state index contributed by atoms with van der Waals surface area (Å²) >= 11 is 0. The number of ether oxygens (including phenoxy) is 3. The van der Waals surface area contributed by atoms with E-state index in [1.54, 1.807) is 13.8 Å². The Morgan fingerprint density at radius 3 is 2.57 bits per heavy atom. The summed E-state index contributed by atoms with van der Waals surface area (Å²) < 4.78 is 16.9. The molecule has 5 rings (SSSR count). The van der Waals surface area contributed by atoms with Crippen LogP contribution in [-0.4, -0.2) is 57.9 Å². The molecule has 5 aliphatic rings. The maximum atomic E-state index is 12.4. The Hall–Kier alpha value is -0.690. The first-order valence-corrected chi connectivity index (χ1v) is 7.61. The maximum absolute atomic E-state index is 12.4. The Kier molecular flexibility index (Phi) is 1.84. The average Bonchev–Trinajstić information content (AvgIpc) is 3.18. The molecule has 0 unspecified atom stereocenters. The quantitative estimate of drug-likeness (QED) is 0.505. The molecule has 116 valence electrons. The Morgan fingerprint density at radius 2 is 2.00 bits per heavy atom. The van der Waals surface area contributed by atoms with Crippen molar-refractivity contribution >= 4 is 5.97 Å². The van der Waals surface area contributed by atoms with Gasteiger partial charge in [0.25, 0.3) is 0 Å². The molecule has 0 aromatic rings. The topological polar surface area (TPSA) is 91.8 Å². The normalized spacial score (nSPS) is 63.3. The smallest absolute Gasteiger partial charge is 0.312 e. The van der Waals surface area contributed by atoms with Crippen LogP contribution < -0.4 is 0 Å². The molecule has 21 heavy (non-hydrogen) atoms. The van der Waals surface area contributed by atoms with Crippen molar-refractivity contribution in [2.24, 2.45) is 17.3 Å². The van der Waals surface area contributed by atoms with E-state index in [0.29, 0.717) is 13.0 Å². The van der Waals surface area contributed by atoms with Crippen molar-refractivity contribution in [3.05, 3.63) is 0 Å². The Balaban J connectivity index is 1.70. The standard InChI is InChI=1S/C15H20O6/c1-12(2,17)7-6-4-13(3)14(5-19-14)9-10(21-9)15(13,18)8(7)11(16)20-6/h6-10,17-18H,4-5H2,1-3H3/t6-,7-,8-,9-,10+,13+,14-,15+/m0/s1. The molecule has 3 heterocycles. The number of epoxide rings is 2. The fourth-order valence-corrected chi connectivity index (χ4v) is 5.73. The van der Waals surface area contributed by atoms with Gasteiger partial charge in [0.2, 0.25) is 0 Å². The molecule has 3 aliphatic heterocycles. The number of esters is 1. The van der Waals surface area contributed by atoms with Gasteiger partial charge in [-0.15, -0.1) is 0 Å². The molecule has 1 spiro atoms. The maximum Gasteiger partial charge on any atom is 0.312 e. The number of carbonyl (C=O) groups excluding carboxylic acids is 1. The molecule has 2 saturated carbocycles. The summed E-state index contributed by atoms with van der Waals surface area (Å²) in [5.41, 5.74) is -3.44. The van der Waals surface area contributed by atoms with E-state index in [-0.39, 0.29) is 18.3 Å². The van der Waals surface area contributed by atoms with Crippen LogP contribution in [0.4, 0.5) is 0 Å². The van der Waals surface area contributed by atoms with Gasteiger partial charge in [-0.05, 0) is 20.3 Å². The van der Waals surface area contributed by atoms with Crippen LogP contribution in [0.15, 0.2) is 0 Å². The number of hydrogen-bond acceptors (Lipinski definition) is 6. The van der Waals surface area contributed by atoms with Crippen molar-refractivity contribution in [2.45, 2.75) is 62.3 Å². The minimum Gasteiger partial charge on any atom is -0.462 e. The van der Waals surface area contributed by atoms with Gasteiger partial charge in [-0.1, -0.05) is 6.92 Å². The second kappa shape index (κ2) is 3.02. The monoisotopic (exact) mass is 296 g/mol. The van der Waals surface area contributed by atoms with E-state index in [0.717, 1.165) is 0 Å². The minimum absolute atomic E-state index is 0.123. The van der Waals surface area contributed by atoms with Gasteiger partial charge in [0.05, 0.1) is 18.1 Å². The summed E-state index contributed by atoms with van der Waals surface area (Å²) in [6.07, 6.45) is -0.364. The third-order valence-corrected chi connectivity index (χ3v) is 6.84. The molecule has 0 amide bonds. The van der Waals surface area contributed by atoms with Gasteiger partial charge < -0.3 is 24.4 Å². The largest absolute Gasteiger partial charge is 0.462 e. The molecule has 0 aromatic heterocycles. The van der Waals surface area contributed by atoms with Crippen molar-refractivity contribution in [1.82, 2.24) is 0 Å². The van der Waals surface area contributed by atoms with E-state index >= 15 is 0 Å². The molecule has 6 nitrogen and oxygen atoms in total. The molecule has 0 radical (unpaired) electrons. The third-order valence-electron chi connectivity index (χ3n) is 6.84. The lowest BCUT2D eigenvalue weighted by molar-refractivity contribution is -0.209. The number of fused-ring (bicyclic) bond motifs is 8. The second-order valence-corrected chi connectivity index (χ2v) is 8.15. The summed E-state index contributed by atoms with van der Waals surface area (Å²) in [4.78, 5) is 12.4. The van der Waals surface area contributed by atoms with Crippen LogP contribution in [0.25, 0.3) is 0 Å². The van der Waals surface area contributed by atoms with Gasteiger partial charge in [0, 0.05) is 11.3 Å². The molecule has 5 fully saturated rings. The van der Waals surface area contributed by atoms with Gasteiger partial charge in [-0.2, -0.15) is 0 Å². The van der Waals surface area contributed by atoms with Gasteiger partial charge in [0.15, 0.2) is 0 Å². The Morgan fingerprint density at radius 1 is 1.33 bits per heavy atom. The van der Waals surface area contributed by atoms with Crippen LogP contribution in [0.1, 0.15) is 27.2 Å². The highest BCUT2D eigenvalue weighted by Crippen LogP contribution is 2.76. The molecule has 2 N–H and O–H groups in total. The minimum atomic E-state index is -1.32. The number of hydrogen-bond donors (Lipinski definition) is 2.